The van der Waals surface area contributed by atoms with Gasteiger partial charge in [0.1, 0.15) is 23.0 Å². The van der Waals surface area contributed by atoms with E-state index in [1.54, 1.807) is 20.8 Å². The molecule has 0 bridgehead atoms. The predicted octanol–water partition coefficient (Wildman–Crippen LogP) is 2.92. The first-order chi connectivity index (χ1) is 11.6. The van der Waals surface area contributed by atoms with E-state index in [0.717, 1.165) is 12.1 Å². The number of methoxy groups -OCH3 is 1. The molecule has 1 aromatic carbocycles. The predicted molar refractivity (Wildman–Crippen MR) is 87.2 cm³/mol. The third-order valence-electron chi connectivity index (χ3n) is 4.04. The van der Waals surface area contributed by atoms with Crippen molar-refractivity contribution in [2.75, 3.05) is 13.7 Å². The molecule has 138 valence electrons. The van der Waals surface area contributed by atoms with Crippen LogP contribution in [0.4, 0.5) is 8.78 Å². The highest BCUT2D eigenvalue weighted by molar-refractivity contribution is 5.79. The second kappa shape index (κ2) is 7.37. The fraction of sp³-hybridized carbons (Fsp3) is 0.556. The lowest BCUT2D eigenvalue weighted by Crippen LogP contribution is -2.41. The molecular formula is C18H23F2NO4. The van der Waals surface area contributed by atoms with Gasteiger partial charge in [0.15, 0.2) is 0 Å². The molecule has 0 saturated carbocycles. The van der Waals surface area contributed by atoms with Crippen LogP contribution in [0.2, 0.25) is 0 Å². The summed E-state index contributed by atoms with van der Waals surface area (Å²) in [6.45, 7) is 5.39. The molecule has 1 heterocycles. The number of carbonyl (C=O) groups is 2. The van der Waals surface area contributed by atoms with E-state index in [-0.39, 0.29) is 36.6 Å². The standard InChI is InChI=1S/C18H23F2NO4/c1-18(2,3)25-16(23)5-10-9-21-15(22)8-12(10)17-13(19)6-11(24-4)7-14(17)20/h6-7,10,12H,5,8-9H2,1-4H3,(H,21,22). The molecule has 1 aromatic rings. The number of esters is 1. The highest BCUT2D eigenvalue weighted by Crippen LogP contribution is 2.37. The summed E-state index contributed by atoms with van der Waals surface area (Å²) in [6.07, 6.45) is -0.124. The highest BCUT2D eigenvalue weighted by Gasteiger charge is 2.36. The van der Waals surface area contributed by atoms with E-state index in [1.807, 2.05) is 0 Å². The lowest BCUT2D eigenvalue weighted by atomic mass is 9.78. The number of hydrogen-bond donors (Lipinski definition) is 1. The van der Waals surface area contributed by atoms with E-state index in [4.69, 9.17) is 9.47 Å². The van der Waals surface area contributed by atoms with Crippen LogP contribution in [0.5, 0.6) is 5.75 Å². The van der Waals surface area contributed by atoms with Crippen molar-refractivity contribution in [2.24, 2.45) is 5.92 Å². The second-order valence-corrected chi connectivity index (χ2v) is 7.17. The summed E-state index contributed by atoms with van der Waals surface area (Å²) in [7, 11) is 1.31. The molecule has 1 aliphatic rings. The van der Waals surface area contributed by atoms with Crippen LogP contribution in [0.1, 0.15) is 45.1 Å². The van der Waals surface area contributed by atoms with Crippen molar-refractivity contribution < 1.29 is 27.8 Å². The van der Waals surface area contributed by atoms with Gasteiger partial charge in [-0.1, -0.05) is 0 Å². The molecule has 1 aliphatic heterocycles. The Kier molecular flexibility index (Phi) is 5.65. The Hall–Kier alpha value is -2.18. The molecule has 0 radical (unpaired) electrons. The molecule has 1 amide bonds. The van der Waals surface area contributed by atoms with Crippen LogP contribution in [-0.2, 0) is 14.3 Å². The van der Waals surface area contributed by atoms with Gasteiger partial charge in [0.05, 0.1) is 13.5 Å². The number of nitrogens with one attached hydrogen (secondary N) is 1. The Morgan fingerprint density at radius 3 is 2.40 bits per heavy atom. The first kappa shape index (κ1) is 19.1. The van der Waals surface area contributed by atoms with Gasteiger partial charge in [-0.25, -0.2) is 8.78 Å². The lowest BCUT2D eigenvalue weighted by Gasteiger charge is -2.32. The number of amides is 1. The fourth-order valence-corrected chi connectivity index (χ4v) is 3.01. The van der Waals surface area contributed by atoms with Crippen LogP contribution in [0.15, 0.2) is 12.1 Å². The zero-order chi connectivity index (χ0) is 18.8. The average molecular weight is 355 g/mol. The molecule has 25 heavy (non-hydrogen) atoms. The molecule has 2 atom stereocenters. The Morgan fingerprint density at radius 2 is 1.88 bits per heavy atom. The van der Waals surface area contributed by atoms with Crippen molar-refractivity contribution in [3.63, 3.8) is 0 Å². The molecule has 1 N–H and O–H groups in total. The third kappa shape index (κ3) is 4.90. The summed E-state index contributed by atoms with van der Waals surface area (Å²) < 4.78 is 39.0. The minimum atomic E-state index is -0.786. The van der Waals surface area contributed by atoms with Crippen LogP contribution in [0, 0.1) is 17.6 Å². The summed E-state index contributed by atoms with van der Waals surface area (Å²) in [5, 5.41) is 2.65. The van der Waals surface area contributed by atoms with Gasteiger partial charge in [0.25, 0.3) is 0 Å². The van der Waals surface area contributed by atoms with Gasteiger partial charge in [0.2, 0.25) is 5.91 Å². The zero-order valence-electron chi connectivity index (χ0n) is 14.8. The molecule has 5 nitrogen and oxygen atoms in total. The van der Waals surface area contributed by atoms with Gasteiger partial charge in [0, 0.05) is 36.6 Å². The molecular weight excluding hydrogens is 332 g/mol. The minimum absolute atomic E-state index is 0.0346. The van der Waals surface area contributed by atoms with Gasteiger partial charge in [-0.05, 0) is 26.7 Å². The van der Waals surface area contributed by atoms with Crippen LogP contribution in [-0.4, -0.2) is 31.1 Å². The molecule has 2 rings (SSSR count). The average Bonchev–Trinajstić information content (AvgIpc) is 2.47. The smallest absolute Gasteiger partial charge is 0.306 e. The number of benzene rings is 1. The zero-order valence-corrected chi connectivity index (χ0v) is 14.8. The number of hydrogen-bond acceptors (Lipinski definition) is 4. The van der Waals surface area contributed by atoms with Gasteiger partial charge < -0.3 is 14.8 Å². The number of ether oxygens (including phenoxy) is 2. The third-order valence-corrected chi connectivity index (χ3v) is 4.04. The second-order valence-electron chi connectivity index (χ2n) is 7.17. The fourth-order valence-electron chi connectivity index (χ4n) is 3.01. The molecule has 7 heteroatoms. The van der Waals surface area contributed by atoms with Crippen molar-refractivity contribution in [3.05, 3.63) is 29.3 Å². The van der Waals surface area contributed by atoms with Gasteiger partial charge in [-0.2, -0.15) is 0 Å². The topological polar surface area (TPSA) is 64.6 Å². The highest BCUT2D eigenvalue weighted by atomic mass is 19.1. The quantitative estimate of drug-likeness (QED) is 0.844. The van der Waals surface area contributed by atoms with Crippen molar-refractivity contribution in [3.8, 4) is 5.75 Å². The lowest BCUT2D eigenvalue weighted by molar-refractivity contribution is -0.156. The summed E-state index contributed by atoms with van der Waals surface area (Å²) in [5.41, 5.74) is -0.842. The summed E-state index contributed by atoms with van der Waals surface area (Å²) in [5.74, 6) is -3.48. The van der Waals surface area contributed by atoms with E-state index < -0.39 is 35.0 Å². The van der Waals surface area contributed by atoms with Crippen LogP contribution in [0.3, 0.4) is 0 Å². The number of piperidine rings is 1. The molecule has 1 saturated heterocycles. The van der Waals surface area contributed by atoms with Gasteiger partial charge >= 0.3 is 5.97 Å². The van der Waals surface area contributed by atoms with E-state index in [0.29, 0.717) is 0 Å². The molecule has 2 unspecified atom stereocenters. The van der Waals surface area contributed by atoms with Crippen molar-refractivity contribution in [1.82, 2.24) is 5.32 Å². The summed E-state index contributed by atoms with van der Waals surface area (Å²) in [4.78, 5) is 23.9. The maximum atomic E-state index is 14.4. The Bertz CT molecular complexity index is 647. The van der Waals surface area contributed by atoms with Gasteiger partial charge in [-0.15, -0.1) is 0 Å². The van der Waals surface area contributed by atoms with Crippen molar-refractivity contribution >= 4 is 11.9 Å². The number of rotatable bonds is 4. The van der Waals surface area contributed by atoms with Crippen LogP contribution in [0.25, 0.3) is 0 Å². The SMILES string of the molecule is COc1cc(F)c(C2CC(=O)NCC2CC(=O)OC(C)(C)C)c(F)c1. The Labute approximate surface area is 145 Å². The molecule has 0 spiro atoms. The van der Waals surface area contributed by atoms with Crippen LogP contribution >= 0.6 is 0 Å². The minimum Gasteiger partial charge on any atom is -0.497 e. The van der Waals surface area contributed by atoms with Crippen molar-refractivity contribution in [2.45, 2.75) is 45.1 Å². The van der Waals surface area contributed by atoms with E-state index >= 15 is 0 Å². The Balaban J connectivity index is 2.28. The van der Waals surface area contributed by atoms with Gasteiger partial charge in [-0.3, -0.25) is 9.59 Å². The van der Waals surface area contributed by atoms with Crippen LogP contribution < -0.4 is 10.1 Å². The van der Waals surface area contributed by atoms with Crippen molar-refractivity contribution in [1.29, 1.82) is 0 Å². The monoisotopic (exact) mass is 355 g/mol. The van der Waals surface area contributed by atoms with E-state index in [2.05, 4.69) is 5.32 Å². The van der Waals surface area contributed by atoms with E-state index in [9.17, 15) is 18.4 Å². The Morgan fingerprint density at radius 1 is 1.28 bits per heavy atom. The normalized spacial score (nSPS) is 20.8. The first-order valence-electron chi connectivity index (χ1n) is 8.12. The summed E-state index contributed by atoms with van der Waals surface area (Å²) in [6, 6.07) is 2.16. The summed E-state index contributed by atoms with van der Waals surface area (Å²) >= 11 is 0. The first-order valence-corrected chi connectivity index (χ1v) is 8.12. The number of carbonyl (C=O) groups excluding carboxylic acids is 2. The largest absolute Gasteiger partial charge is 0.497 e. The number of halogens is 2. The maximum Gasteiger partial charge on any atom is 0.306 e. The molecule has 1 fully saturated rings. The molecule has 0 aliphatic carbocycles. The maximum absolute atomic E-state index is 14.4. The molecule has 0 aromatic heterocycles. The van der Waals surface area contributed by atoms with E-state index in [1.165, 1.54) is 7.11 Å².